The molecule has 0 radical (unpaired) electrons. The molecule has 5 N–H and O–H groups in total. The van der Waals surface area contributed by atoms with E-state index in [-0.39, 0.29) is 6.54 Å². The quantitative estimate of drug-likeness (QED) is 0.714. The van der Waals surface area contributed by atoms with E-state index in [9.17, 15) is 9.18 Å². The zero-order valence-corrected chi connectivity index (χ0v) is 8.59. The van der Waals surface area contributed by atoms with Crippen molar-refractivity contribution in [3.8, 4) is 0 Å². The Bertz CT molecular complexity index is 372. The van der Waals surface area contributed by atoms with Gasteiger partial charge < -0.3 is 16.8 Å². The Kier molecular flexibility index (Phi) is 3.88. The number of hydrogen-bond acceptors (Lipinski definition) is 3. The Morgan fingerprint density at radius 2 is 2.27 bits per heavy atom. The summed E-state index contributed by atoms with van der Waals surface area (Å²) in [4.78, 5) is 10.6. The molecule has 1 unspecified atom stereocenters. The number of carbonyl (C=O) groups excluding carboxylic acids is 1. The standard InChI is InChI=1S/C9H11ClFN3O/c10-6-2-1-5(11)3-8(6)14-4-7(12)9(13)15/h1-3,7,14H,4,12H2,(H2,13,15). The van der Waals surface area contributed by atoms with Crippen LogP contribution in [0, 0.1) is 5.82 Å². The lowest BCUT2D eigenvalue weighted by Gasteiger charge is -2.11. The number of halogens is 2. The van der Waals surface area contributed by atoms with Crippen LogP contribution in [-0.4, -0.2) is 18.5 Å². The van der Waals surface area contributed by atoms with Crippen molar-refractivity contribution < 1.29 is 9.18 Å². The van der Waals surface area contributed by atoms with Crippen LogP contribution in [0.3, 0.4) is 0 Å². The predicted molar refractivity (Wildman–Crippen MR) is 57.1 cm³/mol. The highest BCUT2D eigenvalue weighted by Gasteiger charge is 2.09. The van der Waals surface area contributed by atoms with Gasteiger partial charge in [0.25, 0.3) is 0 Å². The minimum Gasteiger partial charge on any atom is -0.382 e. The fourth-order valence-corrected chi connectivity index (χ4v) is 1.14. The van der Waals surface area contributed by atoms with Crippen LogP contribution in [0.4, 0.5) is 10.1 Å². The molecule has 0 spiro atoms. The Morgan fingerprint density at radius 3 is 2.87 bits per heavy atom. The van der Waals surface area contributed by atoms with Crippen LogP contribution in [0.25, 0.3) is 0 Å². The molecule has 0 saturated heterocycles. The molecule has 1 aromatic carbocycles. The highest BCUT2D eigenvalue weighted by atomic mass is 35.5. The molecule has 82 valence electrons. The number of carbonyl (C=O) groups is 1. The monoisotopic (exact) mass is 231 g/mol. The van der Waals surface area contributed by atoms with Gasteiger partial charge in [0, 0.05) is 6.54 Å². The first-order valence-corrected chi connectivity index (χ1v) is 4.62. The third-order valence-corrected chi connectivity index (χ3v) is 2.14. The summed E-state index contributed by atoms with van der Waals surface area (Å²) in [5.41, 5.74) is 10.7. The summed E-state index contributed by atoms with van der Waals surface area (Å²) < 4.78 is 12.8. The van der Waals surface area contributed by atoms with Crippen LogP contribution in [0.2, 0.25) is 5.02 Å². The van der Waals surface area contributed by atoms with E-state index in [2.05, 4.69) is 5.32 Å². The normalized spacial score (nSPS) is 12.2. The predicted octanol–water partition coefficient (Wildman–Crippen LogP) is 0.704. The number of primary amides is 1. The molecule has 4 nitrogen and oxygen atoms in total. The lowest BCUT2D eigenvalue weighted by molar-refractivity contribution is -0.118. The van der Waals surface area contributed by atoms with E-state index in [0.29, 0.717) is 10.7 Å². The molecule has 1 atom stereocenters. The van der Waals surface area contributed by atoms with Gasteiger partial charge in [0.2, 0.25) is 5.91 Å². The van der Waals surface area contributed by atoms with E-state index in [1.54, 1.807) is 0 Å². The van der Waals surface area contributed by atoms with Crippen molar-refractivity contribution in [3.63, 3.8) is 0 Å². The van der Waals surface area contributed by atoms with E-state index in [4.69, 9.17) is 23.1 Å². The highest BCUT2D eigenvalue weighted by molar-refractivity contribution is 6.33. The van der Waals surface area contributed by atoms with Crippen LogP contribution >= 0.6 is 11.6 Å². The summed E-state index contributed by atoms with van der Waals surface area (Å²) in [6.45, 7) is 0.110. The second-order valence-electron chi connectivity index (χ2n) is 3.01. The molecule has 15 heavy (non-hydrogen) atoms. The maximum Gasteiger partial charge on any atom is 0.236 e. The fraction of sp³-hybridized carbons (Fsp3) is 0.222. The smallest absolute Gasteiger partial charge is 0.236 e. The molecule has 0 bridgehead atoms. The molecule has 0 aliphatic carbocycles. The molecular formula is C9H11ClFN3O. The molecule has 6 heteroatoms. The first-order valence-electron chi connectivity index (χ1n) is 4.24. The molecule has 0 aliphatic heterocycles. The van der Waals surface area contributed by atoms with E-state index in [1.165, 1.54) is 18.2 Å². The Balaban J connectivity index is 2.65. The topological polar surface area (TPSA) is 81.1 Å². The van der Waals surface area contributed by atoms with Crippen LogP contribution in [-0.2, 0) is 4.79 Å². The van der Waals surface area contributed by atoms with E-state index < -0.39 is 17.8 Å². The maximum absolute atomic E-state index is 12.8. The number of nitrogens with one attached hydrogen (secondary N) is 1. The average molecular weight is 232 g/mol. The molecule has 0 fully saturated rings. The lowest BCUT2D eigenvalue weighted by Crippen LogP contribution is -2.41. The maximum atomic E-state index is 12.8. The largest absolute Gasteiger partial charge is 0.382 e. The van der Waals surface area contributed by atoms with Crippen LogP contribution in [0.15, 0.2) is 18.2 Å². The van der Waals surface area contributed by atoms with Gasteiger partial charge in [-0.3, -0.25) is 4.79 Å². The lowest BCUT2D eigenvalue weighted by atomic mass is 10.2. The van der Waals surface area contributed by atoms with Crippen LogP contribution in [0.5, 0.6) is 0 Å². The van der Waals surface area contributed by atoms with Gasteiger partial charge >= 0.3 is 0 Å². The summed E-state index contributed by atoms with van der Waals surface area (Å²) >= 11 is 5.77. The van der Waals surface area contributed by atoms with Gasteiger partial charge in [-0.25, -0.2) is 4.39 Å². The summed E-state index contributed by atoms with van der Waals surface area (Å²) in [6.07, 6.45) is 0. The number of amides is 1. The SMILES string of the molecule is NC(=O)C(N)CNc1cc(F)ccc1Cl. The Labute approximate surface area is 91.4 Å². The molecule has 0 saturated carbocycles. The molecule has 1 aromatic rings. The number of anilines is 1. The van der Waals surface area contributed by atoms with Crippen molar-refractivity contribution in [2.24, 2.45) is 11.5 Å². The van der Waals surface area contributed by atoms with E-state index in [0.717, 1.165) is 0 Å². The minimum absolute atomic E-state index is 0.110. The van der Waals surface area contributed by atoms with E-state index >= 15 is 0 Å². The minimum atomic E-state index is -0.829. The van der Waals surface area contributed by atoms with Gasteiger partial charge in [0.15, 0.2) is 0 Å². The van der Waals surface area contributed by atoms with Crippen LogP contribution < -0.4 is 16.8 Å². The highest BCUT2D eigenvalue weighted by Crippen LogP contribution is 2.21. The summed E-state index contributed by atoms with van der Waals surface area (Å²) in [5, 5.41) is 3.09. The second kappa shape index (κ2) is 4.95. The van der Waals surface area contributed by atoms with Crippen molar-refractivity contribution in [1.29, 1.82) is 0 Å². The second-order valence-corrected chi connectivity index (χ2v) is 3.42. The van der Waals surface area contributed by atoms with Gasteiger partial charge in [-0.05, 0) is 18.2 Å². The van der Waals surface area contributed by atoms with Gasteiger partial charge in [-0.15, -0.1) is 0 Å². The van der Waals surface area contributed by atoms with Crippen molar-refractivity contribution in [1.82, 2.24) is 0 Å². The summed E-state index contributed by atoms with van der Waals surface area (Å²) in [7, 11) is 0. The number of nitrogens with two attached hydrogens (primary N) is 2. The first kappa shape index (κ1) is 11.7. The van der Waals surface area contributed by atoms with Crippen molar-refractivity contribution in [2.75, 3.05) is 11.9 Å². The number of benzene rings is 1. The van der Waals surface area contributed by atoms with Crippen molar-refractivity contribution in [3.05, 3.63) is 29.0 Å². The third-order valence-electron chi connectivity index (χ3n) is 1.81. The zero-order valence-electron chi connectivity index (χ0n) is 7.84. The first-order chi connectivity index (χ1) is 7.00. The molecule has 0 heterocycles. The zero-order chi connectivity index (χ0) is 11.4. The molecule has 0 aromatic heterocycles. The molecule has 0 aliphatic rings. The molecule has 1 rings (SSSR count). The van der Waals surface area contributed by atoms with Gasteiger partial charge in [0.05, 0.1) is 10.7 Å². The molecular weight excluding hydrogens is 221 g/mol. The average Bonchev–Trinajstić information content (AvgIpc) is 2.18. The Morgan fingerprint density at radius 1 is 1.60 bits per heavy atom. The fourth-order valence-electron chi connectivity index (χ4n) is 0.953. The van der Waals surface area contributed by atoms with Gasteiger partial charge in [0.1, 0.15) is 11.9 Å². The Hall–Kier alpha value is -1.33. The van der Waals surface area contributed by atoms with Gasteiger partial charge in [-0.2, -0.15) is 0 Å². The van der Waals surface area contributed by atoms with E-state index in [1.807, 2.05) is 0 Å². The summed E-state index contributed by atoms with van der Waals surface area (Å²) in [6, 6.07) is 3.04. The number of hydrogen-bond donors (Lipinski definition) is 3. The van der Waals surface area contributed by atoms with Crippen LogP contribution in [0.1, 0.15) is 0 Å². The third kappa shape index (κ3) is 3.38. The van der Waals surface area contributed by atoms with Gasteiger partial charge in [-0.1, -0.05) is 11.6 Å². The summed E-state index contributed by atoms with van der Waals surface area (Å²) in [5.74, 6) is -1.05. The number of rotatable bonds is 4. The van der Waals surface area contributed by atoms with Crippen molar-refractivity contribution in [2.45, 2.75) is 6.04 Å². The molecule has 1 amide bonds. The van der Waals surface area contributed by atoms with Crippen molar-refractivity contribution >= 4 is 23.2 Å².